The Kier molecular flexibility index (Phi) is 4.83. The highest BCUT2D eigenvalue weighted by atomic mass is 16.1. The maximum atomic E-state index is 12.9. The van der Waals surface area contributed by atoms with Crippen molar-refractivity contribution in [3.05, 3.63) is 0 Å². The molecule has 0 radical (unpaired) electrons. The third kappa shape index (κ3) is 2.79. The zero-order valence-corrected chi connectivity index (χ0v) is 12.1. The lowest BCUT2D eigenvalue weighted by molar-refractivity contribution is -0.135. The van der Waals surface area contributed by atoms with Crippen molar-refractivity contribution in [3.8, 4) is 0 Å². The predicted molar refractivity (Wildman–Crippen MR) is 75.6 cm³/mol. The van der Waals surface area contributed by atoms with Gasteiger partial charge in [-0.2, -0.15) is 0 Å². The number of piperidine rings is 1. The zero-order valence-electron chi connectivity index (χ0n) is 12.1. The van der Waals surface area contributed by atoms with Gasteiger partial charge >= 0.3 is 0 Å². The minimum atomic E-state index is -0.0292. The smallest absolute Gasteiger partial charge is 0.143 e. The lowest BCUT2D eigenvalue weighted by atomic mass is 9.66. The molecule has 2 fully saturated rings. The molecule has 0 spiro atoms. The van der Waals surface area contributed by atoms with Gasteiger partial charge in [0.25, 0.3) is 0 Å². The van der Waals surface area contributed by atoms with Crippen LogP contribution in [-0.2, 0) is 4.79 Å². The standard InChI is InChI=1S/C16H29NO/c1-3-13-7-5-8-14(11-13)15(18)16(4-2)9-6-10-17-12-16/h13-14,17H,3-12H2,1-2H3. The third-order valence-corrected chi connectivity index (χ3v) is 5.40. The van der Waals surface area contributed by atoms with Crippen molar-refractivity contribution in [2.75, 3.05) is 13.1 Å². The van der Waals surface area contributed by atoms with E-state index in [1.165, 1.54) is 25.7 Å². The summed E-state index contributed by atoms with van der Waals surface area (Å²) in [5, 5.41) is 3.45. The average Bonchev–Trinajstić information content (AvgIpc) is 2.47. The molecule has 2 heteroatoms. The van der Waals surface area contributed by atoms with Crippen LogP contribution in [0, 0.1) is 17.3 Å². The quantitative estimate of drug-likeness (QED) is 0.828. The van der Waals surface area contributed by atoms with Gasteiger partial charge in [-0.3, -0.25) is 4.79 Å². The van der Waals surface area contributed by atoms with Crippen molar-refractivity contribution < 1.29 is 4.79 Å². The van der Waals surface area contributed by atoms with Crippen molar-refractivity contribution in [3.63, 3.8) is 0 Å². The SMILES string of the molecule is CCC1CCCC(C(=O)C2(CC)CCCNC2)C1. The molecule has 104 valence electrons. The Bertz CT molecular complexity index is 281. The Hall–Kier alpha value is -0.370. The topological polar surface area (TPSA) is 29.1 Å². The van der Waals surface area contributed by atoms with Crippen LogP contribution in [0.15, 0.2) is 0 Å². The summed E-state index contributed by atoms with van der Waals surface area (Å²) in [5.74, 6) is 1.76. The summed E-state index contributed by atoms with van der Waals surface area (Å²) >= 11 is 0. The molecule has 2 nitrogen and oxygen atoms in total. The lowest BCUT2D eigenvalue weighted by Gasteiger charge is -2.40. The van der Waals surface area contributed by atoms with E-state index in [4.69, 9.17) is 0 Å². The van der Waals surface area contributed by atoms with E-state index in [0.717, 1.165) is 44.7 Å². The molecule has 0 aromatic rings. The van der Waals surface area contributed by atoms with Crippen LogP contribution in [0.25, 0.3) is 0 Å². The molecular weight excluding hydrogens is 222 g/mol. The number of ketones is 1. The Morgan fingerprint density at radius 3 is 2.72 bits per heavy atom. The lowest BCUT2D eigenvalue weighted by Crippen LogP contribution is -2.48. The zero-order chi connectivity index (χ0) is 13.0. The summed E-state index contributed by atoms with van der Waals surface area (Å²) in [7, 11) is 0. The number of hydrogen-bond donors (Lipinski definition) is 1. The molecule has 2 rings (SSSR count). The van der Waals surface area contributed by atoms with Gasteiger partial charge in [-0.25, -0.2) is 0 Å². The van der Waals surface area contributed by atoms with Crippen molar-refractivity contribution >= 4 is 5.78 Å². The molecule has 1 aliphatic carbocycles. The molecule has 18 heavy (non-hydrogen) atoms. The molecular formula is C16H29NO. The highest BCUT2D eigenvalue weighted by Gasteiger charge is 2.42. The first-order valence-electron chi connectivity index (χ1n) is 7.97. The van der Waals surface area contributed by atoms with Crippen LogP contribution in [0.2, 0.25) is 0 Å². The van der Waals surface area contributed by atoms with Crippen LogP contribution < -0.4 is 5.32 Å². The Morgan fingerprint density at radius 2 is 2.11 bits per heavy atom. The van der Waals surface area contributed by atoms with Crippen LogP contribution in [-0.4, -0.2) is 18.9 Å². The second kappa shape index (κ2) is 6.18. The van der Waals surface area contributed by atoms with Gasteiger partial charge in [0, 0.05) is 17.9 Å². The monoisotopic (exact) mass is 251 g/mol. The van der Waals surface area contributed by atoms with Crippen LogP contribution in [0.3, 0.4) is 0 Å². The van der Waals surface area contributed by atoms with E-state index >= 15 is 0 Å². The van der Waals surface area contributed by atoms with E-state index in [2.05, 4.69) is 19.2 Å². The number of carbonyl (C=O) groups is 1. The highest BCUT2D eigenvalue weighted by molar-refractivity contribution is 5.87. The van der Waals surface area contributed by atoms with E-state index in [0.29, 0.717) is 11.7 Å². The molecule has 1 heterocycles. The van der Waals surface area contributed by atoms with E-state index in [9.17, 15) is 4.79 Å². The van der Waals surface area contributed by atoms with Crippen LogP contribution >= 0.6 is 0 Å². The summed E-state index contributed by atoms with van der Waals surface area (Å²) < 4.78 is 0. The van der Waals surface area contributed by atoms with Crippen LogP contribution in [0.5, 0.6) is 0 Å². The molecule has 1 saturated carbocycles. The average molecular weight is 251 g/mol. The van der Waals surface area contributed by atoms with Crippen LogP contribution in [0.4, 0.5) is 0 Å². The number of carbonyl (C=O) groups excluding carboxylic acids is 1. The van der Waals surface area contributed by atoms with Gasteiger partial charge in [-0.1, -0.05) is 33.1 Å². The van der Waals surface area contributed by atoms with Crippen molar-refractivity contribution in [2.24, 2.45) is 17.3 Å². The van der Waals surface area contributed by atoms with Crippen molar-refractivity contribution in [2.45, 2.75) is 65.2 Å². The van der Waals surface area contributed by atoms with Crippen molar-refractivity contribution in [1.82, 2.24) is 5.32 Å². The fourth-order valence-corrected chi connectivity index (χ4v) is 3.99. The second-order valence-electron chi connectivity index (χ2n) is 6.42. The molecule has 1 saturated heterocycles. The first-order valence-corrected chi connectivity index (χ1v) is 7.97. The second-order valence-corrected chi connectivity index (χ2v) is 6.42. The predicted octanol–water partition coefficient (Wildman–Crippen LogP) is 3.55. The fourth-order valence-electron chi connectivity index (χ4n) is 3.99. The van der Waals surface area contributed by atoms with Gasteiger partial charge in [0.05, 0.1) is 0 Å². The minimum Gasteiger partial charge on any atom is -0.316 e. The van der Waals surface area contributed by atoms with Crippen LogP contribution in [0.1, 0.15) is 65.2 Å². The van der Waals surface area contributed by atoms with Gasteiger partial charge in [-0.05, 0) is 44.6 Å². The van der Waals surface area contributed by atoms with E-state index < -0.39 is 0 Å². The molecule has 0 aromatic carbocycles. The van der Waals surface area contributed by atoms with Gasteiger partial charge in [0.15, 0.2) is 0 Å². The maximum Gasteiger partial charge on any atom is 0.143 e. The number of hydrogen-bond acceptors (Lipinski definition) is 2. The van der Waals surface area contributed by atoms with E-state index in [-0.39, 0.29) is 5.41 Å². The van der Waals surface area contributed by atoms with Gasteiger partial charge in [-0.15, -0.1) is 0 Å². The molecule has 3 unspecified atom stereocenters. The van der Waals surface area contributed by atoms with E-state index in [1.807, 2.05) is 0 Å². The summed E-state index contributed by atoms with van der Waals surface area (Å²) in [6.07, 6.45) is 9.48. The Labute approximate surface area is 112 Å². The number of rotatable bonds is 4. The molecule has 3 atom stereocenters. The minimum absolute atomic E-state index is 0.0292. The Balaban J connectivity index is 2.04. The molecule has 0 bridgehead atoms. The van der Waals surface area contributed by atoms with Gasteiger partial charge in [0.1, 0.15) is 5.78 Å². The van der Waals surface area contributed by atoms with Gasteiger partial charge in [0.2, 0.25) is 0 Å². The first-order chi connectivity index (χ1) is 8.72. The molecule has 0 aromatic heterocycles. The van der Waals surface area contributed by atoms with Crippen molar-refractivity contribution in [1.29, 1.82) is 0 Å². The maximum absolute atomic E-state index is 12.9. The molecule has 1 N–H and O–H groups in total. The number of Topliss-reactive ketones (excluding diaryl/α,β-unsaturated/α-hetero) is 1. The summed E-state index contributed by atoms with van der Waals surface area (Å²) in [6.45, 7) is 6.49. The fraction of sp³-hybridized carbons (Fsp3) is 0.938. The van der Waals surface area contributed by atoms with E-state index in [1.54, 1.807) is 0 Å². The third-order valence-electron chi connectivity index (χ3n) is 5.40. The first kappa shape index (κ1) is 14.0. The summed E-state index contributed by atoms with van der Waals surface area (Å²) in [6, 6.07) is 0. The summed E-state index contributed by atoms with van der Waals surface area (Å²) in [4.78, 5) is 12.9. The Morgan fingerprint density at radius 1 is 1.28 bits per heavy atom. The highest BCUT2D eigenvalue weighted by Crippen LogP contribution is 2.40. The number of nitrogens with one attached hydrogen (secondary N) is 1. The largest absolute Gasteiger partial charge is 0.316 e. The molecule has 0 amide bonds. The summed E-state index contributed by atoms with van der Waals surface area (Å²) in [5.41, 5.74) is -0.0292. The normalized spacial score (nSPS) is 37.4. The molecule has 1 aliphatic heterocycles. The van der Waals surface area contributed by atoms with Gasteiger partial charge < -0.3 is 5.32 Å². The molecule has 2 aliphatic rings.